The molecule has 0 unspecified atom stereocenters. The van der Waals surface area contributed by atoms with Gasteiger partial charge in [-0.25, -0.2) is 14.4 Å². The number of benzene rings is 3. The Morgan fingerprint density at radius 1 is 0.895 bits per heavy atom. The number of hydrogen-bond acceptors (Lipinski definition) is 6. The minimum atomic E-state index is -0.437. The number of halogens is 1. The van der Waals surface area contributed by atoms with Crippen LogP contribution in [-0.2, 0) is 0 Å². The highest BCUT2D eigenvalue weighted by Gasteiger charge is 2.21. The molecule has 6 rings (SSSR count). The summed E-state index contributed by atoms with van der Waals surface area (Å²) in [7, 11) is 0. The zero-order chi connectivity index (χ0) is 25.2. The number of nitrogens with one attached hydrogen (secondary N) is 2. The van der Waals surface area contributed by atoms with Crippen LogP contribution in [0.1, 0.15) is 17.8 Å². The monoisotopic (exact) mass is 509 g/mol. The number of piperazine rings is 1. The number of aromatic nitrogens is 4. The van der Waals surface area contributed by atoms with Crippen LogP contribution in [0.5, 0.6) is 0 Å². The Morgan fingerprint density at radius 2 is 1.71 bits per heavy atom. The largest absolute Gasteiger partial charge is 0.368 e. The van der Waals surface area contributed by atoms with Gasteiger partial charge in [-0.05, 0) is 54.1 Å². The standard InChI is InChI=1S/C28H24FN7O.CH4/c29-22-4-1-3-20(13-22)28(37)34-23-5-2-6-24(15-23)35-9-11-36(12-10-35)27-25-14-19(21-16-32-33-17-21)7-8-26(25)30-18-31-27;/h1-8,13-18H,9-12H2,(H,32,33)(H,34,37);1H4. The molecule has 0 bridgehead atoms. The quantitative estimate of drug-likeness (QED) is 0.331. The van der Waals surface area contributed by atoms with Gasteiger partial charge in [-0.15, -0.1) is 0 Å². The maximum Gasteiger partial charge on any atom is 0.255 e. The molecule has 1 aliphatic rings. The van der Waals surface area contributed by atoms with Crippen molar-refractivity contribution in [3.8, 4) is 11.1 Å². The van der Waals surface area contributed by atoms with Gasteiger partial charge in [0, 0.05) is 60.3 Å². The van der Waals surface area contributed by atoms with E-state index < -0.39 is 5.82 Å². The van der Waals surface area contributed by atoms with Gasteiger partial charge < -0.3 is 15.1 Å². The molecule has 2 N–H and O–H groups in total. The molecule has 1 aliphatic heterocycles. The van der Waals surface area contributed by atoms with Gasteiger partial charge in [0.2, 0.25) is 0 Å². The molecular weight excluding hydrogens is 481 g/mol. The van der Waals surface area contributed by atoms with Crippen molar-refractivity contribution in [2.24, 2.45) is 0 Å². The first-order chi connectivity index (χ1) is 18.1. The Kier molecular flexibility index (Phi) is 6.99. The van der Waals surface area contributed by atoms with Gasteiger partial charge in [-0.3, -0.25) is 9.89 Å². The summed E-state index contributed by atoms with van der Waals surface area (Å²) in [6.07, 6.45) is 5.29. The fraction of sp³-hybridized carbons (Fsp3) is 0.172. The van der Waals surface area contributed by atoms with Crippen molar-refractivity contribution in [1.82, 2.24) is 20.2 Å². The number of anilines is 3. The molecule has 3 aromatic carbocycles. The molecule has 2 aromatic heterocycles. The van der Waals surface area contributed by atoms with Crippen molar-refractivity contribution in [2.75, 3.05) is 41.3 Å². The molecule has 3 heterocycles. The highest BCUT2D eigenvalue weighted by molar-refractivity contribution is 6.04. The number of rotatable bonds is 5. The van der Waals surface area contributed by atoms with Gasteiger partial charge in [0.15, 0.2) is 0 Å². The van der Waals surface area contributed by atoms with Crippen molar-refractivity contribution in [3.63, 3.8) is 0 Å². The Bertz CT molecular complexity index is 1560. The van der Waals surface area contributed by atoms with Gasteiger partial charge in [0.25, 0.3) is 5.91 Å². The highest BCUT2D eigenvalue weighted by Crippen LogP contribution is 2.30. The Balaban J connectivity index is 0.00000294. The normalized spacial score (nSPS) is 13.3. The predicted octanol–water partition coefficient (Wildman–Crippen LogP) is 5.37. The van der Waals surface area contributed by atoms with Crippen LogP contribution in [0.2, 0.25) is 0 Å². The van der Waals surface area contributed by atoms with Crippen LogP contribution in [0.3, 0.4) is 0 Å². The summed E-state index contributed by atoms with van der Waals surface area (Å²) in [5, 5.41) is 10.8. The second-order valence-electron chi connectivity index (χ2n) is 8.91. The topological polar surface area (TPSA) is 90.0 Å². The van der Waals surface area contributed by atoms with E-state index in [1.807, 2.05) is 42.6 Å². The number of hydrogen-bond donors (Lipinski definition) is 2. The second-order valence-corrected chi connectivity index (χ2v) is 8.91. The average Bonchev–Trinajstić information content (AvgIpc) is 3.48. The summed E-state index contributed by atoms with van der Waals surface area (Å²) in [5.41, 5.74) is 4.96. The number of carbonyl (C=O) groups is 1. The van der Waals surface area contributed by atoms with Crippen molar-refractivity contribution < 1.29 is 9.18 Å². The first-order valence-electron chi connectivity index (χ1n) is 12.0. The zero-order valence-corrected chi connectivity index (χ0v) is 19.9. The van der Waals surface area contributed by atoms with E-state index in [-0.39, 0.29) is 18.9 Å². The smallest absolute Gasteiger partial charge is 0.255 e. The van der Waals surface area contributed by atoms with E-state index in [1.165, 1.54) is 18.2 Å². The highest BCUT2D eigenvalue weighted by atomic mass is 19.1. The van der Waals surface area contributed by atoms with Crippen LogP contribution >= 0.6 is 0 Å². The molecule has 0 spiro atoms. The van der Waals surface area contributed by atoms with Crippen molar-refractivity contribution in [2.45, 2.75) is 7.43 Å². The lowest BCUT2D eigenvalue weighted by molar-refractivity contribution is 0.102. The van der Waals surface area contributed by atoms with Gasteiger partial charge >= 0.3 is 0 Å². The number of fused-ring (bicyclic) bond motifs is 1. The van der Waals surface area contributed by atoms with Crippen LogP contribution in [0.4, 0.5) is 21.6 Å². The molecular formula is C29H28FN7O. The Hall–Kier alpha value is -4.79. The van der Waals surface area contributed by atoms with E-state index in [0.717, 1.165) is 59.7 Å². The lowest BCUT2D eigenvalue weighted by atomic mass is 10.1. The average molecular weight is 510 g/mol. The van der Waals surface area contributed by atoms with Gasteiger partial charge in [0.05, 0.1) is 11.7 Å². The molecule has 1 saturated heterocycles. The molecule has 0 radical (unpaired) electrons. The molecule has 1 amide bonds. The molecule has 8 nitrogen and oxygen atoms in total. The van der Waals surface area contributed by atoms with E-state index >= 15 is 0 Å². The Morgan fingerprint density at radius 3 is 2.50 bits per heavy atom. The molecule has 0 atom stereocenters. The number of amides is 1. The summed E-state index contributed by atoms with van der Waals surface area (Å²) in [6, 6.07) is 19.6. The van der Waals surface area contributed by atoms with Crippen molar-refractivity contribution >= 4 is 34.0 Å². The maximum absolute atomic E-state index is 13.5. The minimum Gasteiger partial charge on any atom is -0.368 e. The SMILES string of the molecule is C.O=C(Nc1cccc(N2CCN(c3ncnc4ccc(-c5cn[nH]c5)cc34)CC2)c1)c1cccc(F)c1. The van der Waals surface area contributed by atoms with Crippen LogP contribution < -0.4 is 15.1 Å². The van der Waals surface area contributed by atoms with Gasteiger partial charge in [-0.2, -0.15) is 5.10 Å². The molecule has 192 valence electrons. The van der Waals surface area contributed by atoms with Crippen LogP contribution in [0, 0.1) is 5.82 Å². The van der Waals surface area contributed by atoms with E-state index in [0.29, 0.717) is 5.69 Å². The van der Waals surface area contributed by atoms with E-state index in [9.17, 15) is 9.18 Å². The van der Waals surface area contributed by atoms with E-state index in [1.54, 1.807) is 18.6 Å². The van der Waals surface area contributed by atoms with E-state index in [4.69, 9.17) is 0 Å². The lowest BCUT2D eigenvalue weighted by Crippen LogP contribution is -2.47. The third kappa shape index (κ3) is 5.04. The lowest BCUT2D eigenvalue weighted by Gasteiger charge is -2.37. The van der Waals surface area contributed by atoms with Crippen LogP contribution in [0.25, 0.3) is 22.0 Å². The number of aromatic amines is 1. The third-order valence-corrected chi connectivity index (χ3v) is 6.58. The number of H-pyrrole nitrogens is 1. The third-order valence-electron chi connectivity index (χ3n) is 6.58. The molecule has 0 aliphatic carbocycles. The summed E-state index contributed by atoms with van der Waals surface area (Å²) in [6.45, 7) is 3.19. The molecule has 5 aromatic rings. The Labute approximate surface area is 220 Å². The summed E-state index contributed by atoms with van der Waals surface area (Å²) in [5.74, 6) is 0.145. The first kappa shape index (κ1) is 24.9. The maximum atomic E-state index is 13.5. The van der Waals surface area contributed by atoms with Crippen molar-refractivity contribution in [3.05, 3.63) is 96.8 Å². The number of nitrogens with zero attached hydrogens (tertiary/aromatic N) is 5. The molecule has 1 fully saturated rings. The number of carbonyl (C=O) groups excluding carboxylic acids is 1. The molecule has 38 heavy (non-hydrogen) atoms. The fourth-order valence-electron chi connectivity index (χ4n) is 4.67. The van der Waals surface area contributed by atoms with Crippen LogP contribution in [0.15, 0.2) is 85.5 Å². The minimum absolute atomic E-state index is 0. The first-order valence-corrected chi connectivity index (χ1v) is 12.0. The van der Waals surface area contributed by atoms with E-state index in [2.05, 4.69) is 41.3 Å². The molecule has 0 saturated carbocycles. The van der Waals surface area contributed by atoms with Gasteiger partial charge in [0.1, 0.15) is 18.0 Å². The van der Waals surface area contributed by atoms with Gasteiger partial charge in [-0.1, -0.05) is 25.6 Å². The van der Waals surface area contributed by atoms with Crippen molar-refractivity contribution in [1.29, 1.82) is 0 Å². The predicted molar refractivity (Wildman–Crippen MR) is 149 cm³/mol. The summed E-state index contributed by atoms with van der Waals surface area (Å²) >= 11 is 0. The second kappa shape index (κ2) is 10.7. The fourth-order valence-corrected chi connectivity index (χ4v) is 4.67. The zero-order valence-electron chi connectivity index (χ0n) is 19.9. The summed E-state index contributed by atoms with van der Waals surface area (Å²) < 4.78 is 13.5. The molecule has 9 heteroatoms. The summed E-state index contributed by atoms with van der Waals surface area (Å²) in [4.78, 5) is 26.2. The van der Waals surface area contributed by atoms with Crippen LogP contribution in [-0.4, -0.2) is 52.3 Å².